The lowest BCUT2D eigenvalue weighted by atomic mass is 9.93. The third-order valence-corrected chi connectivity index (χ3v) is 4.99. The van der Waals surface area contributed by atoms with Crippen LogP contribution in [0, 0.1) is 5.92 Å². The van der Waals surface area contributed by atoms with E-state index in [1.807, 2.05) is 48.5 Å². The summed E-state index contributed by atoms with van der Waals surface area (Å²) in [6.07, 6.45) is 1.44. The number of nitrogens with zero attached hydrogens (tertiary/aromatic N) is 2. The monoisotopic (exact) mass is 330 g/mol. The van der Waals surface area contributed by atoms with E-state index in [9.17, 15) is 9.00 Å². The number of hydrogen-bond acceptors (Lipinski definition) is 3. The van der Waals surface area contributed by atoms with Crippen molar-refractivity contribution in [3.63, 3.8) is 0 Å². The molecule has 0 bridgehead atoms. The van der Waals surface area contributed by atoms with Crippen molar-refractivity contribution in [3.05, 3.63) is 0 Å². The Morgan fingerprint density at radius 3 is 2.05 bits per heavy atom. The van der Waals surface area contributed by atoms with Gasteiger partial charge in [-0.3, -0.25) is 0 Å². The van der Waals surface area contributed by atoms with Crippen LogP contribution in [0.15, 0.2) is 4.40 Å². The summed E-state index contributed by atoms with van der Waals surface area (Å²) in [6.45, 7) is 14.6. The Hall–Kier alpha value is -0.910. The second kappa shape index (κ2) is 7.11. The van der Waals surface area contributed by atoms with E-state index in [1.54, 1.807) is 4.90 Å². The predicted octanol–water partition coefficient (Wildman–Crippen LogP) is 3.56. The van der Waals surface area contributed by atoms with Crippen LogP contribution in [-0.4, -0.2) is 44.4 Å². The lowest BCUT2D eigenvalue weighted by Crippen LogP contribution is -2.42. The Morgan fingerprint density at radius 2 is 1.64 bits per heavy atom. The lowest BCUT2D eigenvalue weighted by Gasteiger charge is -2.33. The molecule has 0 aromatic rings. The van der Waals surface area contributed by atoms with Crippen molar-refractivity contribution in [3.8, 4) is 0 Å². The first-order valence-corrected chi connectivity index (χ1v) is 8.96. The van der Waals surface area contributed by atoms with Crippen molar-refractivity contribution >= 4 is 22.8 Å². The number of carbonyl (C=O) groups is 1. The van der Waals surface area contributed by atoms with E-state index in [2.05, 4.69) is 4.40 Å². The van der Waals surface area contributed by atoms with E-state index in [0.717, 1.165) is 18.6 Å². The fourth-order valence-corrected chi connectivity index (χ4v) is 2.83. The molecular weight excluding hydrogens is 300 g/mol. The highest BCUT2D eigenvalue weighted by Gasteiger charge is 2.28. The SMILES string of the molecule is CC(=N[S@](=O)C(C)(C)C)C1CCN(C(=O)OC(C)(C)C)CC1. The van der Waals surface area contributed by atoms with E-state index in [4.69, 9.17) is 4.74 Å². The Kier molecular flexibility index (Phi) is 6.18. The van der Waals surface area contributed by atoms with Gasteiger partial charge < -0.3 is 9.64 Å². The van der Waals surface area contributed by atoms with Crippen molar-refractivity contribution in [2.75, 3.05) is 13.1 Å². The molecule has 1 rings (SSSR count). The second-order valence-electron chi connectivity index (χ2n) is 7.84. The molecule has 0 aromatic carbocycles. The average molecular weight is 330 g/mol. The molecule has 1 aliphatic rings. The van der Waals surface area contributed by atoms with Crippen LogP contribution < -0.4 is 0 Å². The molecule has 6 heteroatoms. The zero-order valence-electron chi connectivity index (χ0n) is 14.9. The summed E-state index contributed by atoms with van der Waals surface area (Å²) in [6, 6.07) is 0. The van der Waals surface area contributed by atoms with Gasteiger partial charge in [-0.2, -0.15) is 4.40 Å². The summed E-state index contributed by atoms with van der Waals surface area (Å²) in [5.41, 5.74) is 0.464. The van der Waals surface area contributed by atoms with E-state index >= 15 is 0 Å². The van der Waals surface area contributed by atoms with Crippen LogP contribution in [0.3, 0.4) is 0 Å². The van der Waals surface area contributed by atoms with Gasteiger partial charge in [0.25, 0.3) is 0 Å². The van der Waals surface area contributed by atoms with Gasteiger partial charge in [-0.25, -0.2) is 9.00 Å². The number of piperidine rings is 1. The summed E-state index contributed by atoms with van der Waals surface area (Å²) >= 11 is 0. The van der Waals surface area contributed by atoms with Crippen LogP contribution in [0.25, 0.3) is 0 Å². The van der Waals surface area contributed by atoms with Gasteiger partial charge in [0.15, 0.2) is 0 Å². The molecule has 0 saturated carbocycles. The van der Waals surface area contributed by atoms with Crippen LogP contribution in [0.5, 0.6) is 0 Å². The highest BCUT2D eigenvalue weighted by Crippen LogP contribution is 2.22. The fraction of sp³-hybridized carbons (Fsp3) is 0.875. The Morgan fingerprint density at radius 1 is 1.14 bits per heavy atom. The predicted molar refractivity (Wildman–Crippen MR) is 91.5 cm³/mol. The quantitative estimate of drug-likeness (QED) is 0.727. The van der Waals surface area contributed by atoms with Gasteiger partial charge in [-0.05, 0) is 61.3 Å². The maximum atomic E-state index is 12.1. The molecule has 0 aliphatic carbocycles. The molecule has 0 spiro atoms. The smallest absolute Gasteiger partial charge is 0.410 e. The normalized spacial score (nSPS) is 20.0. The van der Waals surface area contributed by atoms with E-state index in [1.165, 1.54) is 0 Å². The second-order valence-corrected chi connectivity index (χ2v) is 9.74. The highest BCUT2D eigenvalue weighted by atomic mass is 32.2. The number of rotatable bonds is 2. The maximum absolute atomic E-state index is 12.1. The minimum atomic E-state index is -1.22. The highest BCUT2D eigenvalue weighted by molar-refractivity contribution is 7.85. The van der Waals surface area contributed by atoms with Crippen LogP contribution in [-0.2, 0) is 15.7 Å². The van der Waals surface area contributed by atoms with Crippen molar-refractivity contribution in [1.82, 2.24) is 4.90 Å². The molecule has 5 nitrogen and oxygen atoms in total. The minimum absolute atomic E-state index is 0.251. The first kappa shape index (κ1) is 19.1. The average Bonchev–Trinajstić information content (AvgIpc) is 2.35. The van der Waals surface area contributed by atoms with Crippen LogP contribution >= 0.6 is 0 Å². The molecule has 128 valence electrons. The first-order valence-electron chi connectivity index (χ1n) is 7.85. The number of hydrogen-bond donors (Lipinski definition) is 0. The van der Waals surface area contributed by atoms with Crippen molar-refractivity contribution < 1.29 is 13.7 Å². The summed E-state index contributed by atoms with van der Waals surface area (Å²) in [5, 5.41) is 0. The lowest BCUT2D eigenvalue weighted by molar-refractivity contribution is 0.0201. The van der Waals surface area contributed by atoms with E-state index in [-0.39, 0.29) is 10.8 Å². The molecule has 1 aliphatic heterocycles. The van der Waals surface area contributed by atoms with Crippen LogP contribution in [0.4, 0.5) is 4.79 Å². The standard InChI is InChI=1S/C16H30N2O3S/c1-12(17-22(20)16(5,6)7)13-8-10-18(11-9-13)14(19)21-15(2,3)4/h13H,8-11H2,1-7H3/t22-/m1/s1. The van der Waals surface area contributed by atoms with Gasteiger partial charge in [-0.15, -0.1) is 0 Å². The zero-order valence-corrected chi connectivity index (χ0v) is 15.7. The summed E-state index contributed by atoms with van der Waals surface area (Å²) < 4.78 is 21.5. The van der Waals surface area contributed by atoms with Gasteiger partial charge >= 0.3 is 6.09 Å². The minimum Gasteiger partial charge on any atom is -0.444 e. The molecular formula is C16H30N2O3S. The van der Waals surface area contributed by atoms with Gasteiger partial charge in [0.1, 0.15) is 16.6 Å². The summed E-state index contributed by atoms with van der Waals surface area (Å²) in [7, 11) is -1.22. The third kappa shape index (κ3) is 6.07. The van der Waals surface area contributed by atoms with E-state index < -0.39 is 16.6 Å². The zero-order chi connectivity index (χ0) is 17.1. The van der Waals surface area contributed by atoms with Crippen molar-refractivity contribution in [2.24, 2.45) is 10.3 Å². The van der Waals surface area contributed by atoms with Crippen molar-refractivity contribution in [2.45, 2.75) is 71.7 Å². The fourth-order valence-electron chi connectivity index (χ4n) is 2.15. The Balaban J connectivity index is 2.57. The Labute approximate surface area is 137 Å². The molecule has 22 heavy (non-hydrogen) atoms. The molecule has 1 amide bonds. The topological polar surface area (TPSA) is 59.0 Å². The number of likely N-dealkylation sites (tertiary alicyclic amines) is 1. The van der Waals surface area contributed by atoms with Crippen LogP contribution in [0.1, 0.15) is 61.3 Å². The molecule has 1 fully saturated rings. The summed E-state index contributed by atoms with van der Waals surface area (Å²) in [5.74, 6) is 0.296. The molecule has 0 N–H and O–H groups in total. The molecule has 0 radical (unpaired) electrons. The van der Waals surface area contributed by atoms with Gasteiger partial charge in [0.05, 0.1) is 4.75 Å². The van der Waals surface area contributed by atoms with Crippen LogP contribution in [0.2, 0.25) is 0 Å². The summed E-state index contributed by atoms with van der Waals surface area (Å²) in [4.78, 5) is 13.8. The number of amides is 1. The third-order valence-electron chi connectivity index (χ3n) is 3.49. The first-order chi connectivity index (χ1) is 9.90. The largest absolute Gasteiger partial charge is 0.444 e. The maximum Gasteiger partial charge on any atom is 0.410 e. The molecule has 1 atom stereocenters. The van der Waals surface area contributed by atoms with Gasteiger partial charge in [0.2, 0.25) is 0 Å². The molecule has 0 aromatic heterocycles. The molecule has 0 unspecified atom stereocenters. The van der Waals surface area contributed by atoms with E-state index in [0.29, 0.717) is 19.0 Å². The number of carbonyl (C=O) groups excluding carboxylic acids is 1. The van der Waals surface area contributed by atoms with Gasteiger partial charge in [0, 0.05) is 24.7 Å². The molecule has 1 saturated heterocycles. The molecule has 1 heterocycles. The number of ether oxygens (including phenoxy) is 1. The van der Waals surface area contributed by atoms with Gasteiger partial charge in [-0.1, -0.05) is 0 Å². The van der Waals surface area contributed by atoms with Crippen molar-refractivity contribution in [1.29, 1.82) is 0 Å². The Bertz CT molecular complexity index is 453.